The fourth-order valence-corrected chi connectivity index (χ4v) is 5.12. The minimum absolute atomic E-state index is 0.917. The first kappa shape index (κ1) is 19.1. The zero-order valence-electron chi connectivity index (χ0n) is 19.0. The Labute approximate surface area is 196 Å². The van der Waals surface area contributed by atoms with E-state index in [0.717, 1.165) is 44.3 Å². The average molecular weight is 439 g/mol. The zero-order chi connectivity index (χ0) is 22.8. The highest BCUT2D eigenvalue weighted by Crippen LogP contribution is 2.39. The molecule has 7 rings (SSSR count). The maximum Gasteiger partial charge on any atom is 0.117 e. The van der Waals surface area contributed by atoms with Gasteiger partial charge < -0.3 is 9.13 Å². The van der Waals surface area contributed by atoms with Gasteiger partial charge >= 0.3 is 0 Å². The van der Waals surface area contributed by atoms with Crippen molar-refractivity contribution in [3.05, 3.63) is 108 Å². The minimum atomic E-state index is 0.917. The summed E-state index contributed by atoms with van der Waals surface area (Å²) in [5.41, 5.74) is 11.0. The molecule has 0 bridgehead atoms. The van der Waals surface area contributed by atoms with Crippen molar-refractivity contribution in [2.24, 2.45) is 0 Å². The van der Waals surface area contributed by atoms with Gasteiger partial charge in [0.15, 0.2) is 0 Å². The molecule has 0 fully saturated rings. The molecule has 4 heteroatoms. The topological polar surface area (TPSA) is 35.6 Å². The Morgan fingerprint density at radius 1 is 0.529 bits per heavy atom. The van der Waals surface area contributed by atoms with Crippen LogP contribution in [0.25, 0.3) is 55.2 Å². The normalized spacial score (nSPS) is 11.8. The SMILES string of the molecule is Cc1ccc(-n2c3ccccc3c3cnc4c5ncccc5n(-c5ccc(C)cc5)c4c32)cc1. The van der Waals surface area contributed by atoms with E-state index in [2.05, 4.69) is 102 Å². The molecule has 0 saturated carbocycles. The lowest BCUT2D eigenvalue weighted by Gasteiger charge is -2.12. The second-order valence-corrected chi connectivity index (χ2v) is 8.95. The first-order valence-electron chi connectivity index (χ1n) is 11.5. The van der Waals surface area contributed by atoms with Crippen LogP contribution in [0, 0.1) is 13.8 Å². The predicted molar refractivity (Wildman–Crippen MR) is 140 cm³/mol. The Kier molecular flexibility index (Phi) is 3.94. The van der Waals surface area contributed by atoms with Crippen LogP contribution in [0.2, 0.25) is 0 Å². The molecule has 4 aromatic heterocycles. The number of hydrogen-bond acceptors (Lipinski definition) is 2. The molecule has 7 aromatic rings. The van der Waals surface area contributed by atoms with Gasteiger partial charge in [0.2, 0.25) is 0 Å². The van der Waals surface area contributed by atoms with Crippen molar-refractivity contribution in [2.75, 3.05) is 0 Å². The van der Waals surface area contributed by atoms with E-state index in [9.17, 15) is 0 Å². The van der Waals surface area contributed by atoms with Crippen molar-refractivity contribution in [1.82, 2.24) is 19.1 Å². The van der Waals surface area contributed by atoms with Gasteiger partial charge in [-0.15, -0.1) is 0 Å². The number of aromatic nitrogens is 4. The van der Waals surface area contributed by atoms with Gasteiger partial charge in [0.05, 0.1) is 22.1 Å². The lowest BCUT2D eigenvalue weighted by atomic mass is 10.2. The molecule has 0 saturated heterocycles. The van der Waals surface area contributed by atoms with Crippen LogP contribution in [0.15, 0.2) is 97.3 Å². The number of para-hydroxylation sites is 1. The number of pyridine rings is 2. The Morgan fingerprint density at radius 2 is 1.15 bits per heavy atom. The molecule has 0 N–H and O–H groups in total. The summed E-state index contributed by atoms with van der Waals surface area (Å²) in [6.07, 6.45) is 3.86. The minimum Gasteiger partial charge on any atom is -0.307 e. The number of benzene rings is 3. The molecule has 0 atom stereocenters. The largest absolute Gasteiger partial charge is 0.307 e. The van der Waals surface area contributed by atoms with E-state index in [1.165, 1.54) is 22.0 Å². The summed E-state index contributed by atoms with van der Waals surface area (Å²) < 4.78 is 4.69. The van der Waals surface area contributed by atoms with Crippen molar-refractivity contribution in [2.45, 2.75) is 13.8 Å². The number of aryl methyl sites for hydroxylation is 2. The van der Waals surface area contributed by atoms with E-state index in [-0.39, 0.29) is 0 Å². The van der Waals surface area contributed by atoms with E-state index in [4.69, 9.17) is 9.97 Å². The van der Waals surface area contributed by atoms with E-state index in [0.29, 0.717) is 0 Å². The third-order valence-corrected chi connectivity index (χ3v) is 6.74. The lowest BCUT2D eigenvalue weighted by Crippen LogP contribution is -1.99. The Balaban J connectivity index is 1.76. The quantitative estimate of drug-likeness (QED) is 0.284. The molecule has 162 valence electrons. The van der Waals surface area contributed by atoms with Crippen LogP contribution < -0.4 is 0 Å². The van der Waals surface area contributed by atoms with Gasteiger partial charge in [-0.2, -0.15) is 0 Å². The number of fused-ring (bicyclic) bond motifs is 7. The molecule has 34 heavy (non-hydrogen) atoms. The summed E-state index contributed by atoms with van der Waals surface area (Å²) in [5.74, 6) is 0. The first-order valence-corrected chi connectivity index (χ1v) is 11.5. The van der Waals surface area contributed by atoms with Crippen molar-refractivity contribution >= 4 is 43.9 Å². The third-order valence-electron chi connectivity index (χ3n) is 6.74. The molecule has 0 unspecified atom stereocenters. The first-order chi connectivity index (χ1) is 16.7. The smallest absolute Gasteiger partial charge is 0.117 e. The highest BCUT2D eigenvalue weighted by atomic mass is 15.1. The van der Waals surface area contributed by atoms with E-state index < -0.39 is 0 Å². The second kappa shape index (κ2) is 7.03. The van der Waals surface area contributed by atoms with E-state index in [1.54, 1.807) is 0 Å². The van der Waals surface area contributed by atoms with Gasteiger partial charge in [-0.05, 0) is 56.3 Å². The molecule has 0 amide bonds. The van der Waals surface area contributed by atoms with Gasteiger partial charge in [0.25, 0.3) is 0 Å². The molecule has 0 aliphatic rings. The molecule has 0 radical (unpaired) electrons. The van der Waals surface area contributed by atoms with Crippen molar-refractivity contribution in [1.29, 1.82) is 0 Å². The molecule has 3 aromatic carbocycles. The van der Waals surface area contributed by atoms with Crippen LogP contribution in [0.5, 0.6) is 0 Å². The molecule has 4 nitrogen and oxygen atoms in total. The van der Waals surface area contributed by atoms with Crippen LogP contribution in [0.4, 0.5) is 0 Å². The molecule has 0 aliphatic heterocycles. The van der Waals surface area contributed by atoms with Crippen LogP contribution in [0.3, 0.4) is 0 Å². The van der Waals surface area contributed by atoms with Gasteiger partial charge in [-0.1, -0.05) is 53.6 Å². The molecule has 0 spiro atoms. The molecular formula is C30H22N4. The third kappa shape index (κ3) is 2.59. The number of rotatable bonds is 2. The number of hydrogen-bond donors (Lipinski definition) is 0. The summed E-state index contributed by atoms with van der Waals surface area (Å²) in [6, 6.07) is 30.1. The summed E-state index contributed by atoms with van der Waals surface area (Å²) in [5, 5.41) is 2.33. The van der Waals surface area contributed by atoms with Crippen LogP contribution in [-0.2, 0) is 0 Å². The maximum absolute atomic E-state index is 4.98. The lowest BCUT2D eigenvalue weighted by molar-refractivity contribution is 1.14. The van der Waals surface area contributed by atoms with Crippen LogP contribution in [-0.4, -0.2) is 19.1 Å². The van der Waals surface area contributed by atoms with Gasteiger partial charge in [-0.25, -0.2) is 0 Å². The zero-order valence-corrected chi connectivity index (χ0v) is 19.0. The maximum atomic E-state index is 4.98. The highest BCUT2D eigenvalue weighted by Gasteiger charge is 2.22. The summed E-state index contributed by atoms with van der Waals surface area (Å²) >= 11 is 0. The molecule has 4 heterocycles. The fraction of sp³-hybridized carbons (Fsp3) is 0.0667. The molecule has 0 aliphatic carbocycles. The van der Waals surface area contributed by atoms with Crippen molar-refractivity contribution < 1.29 is 0 Å². The summed E-state index contributed by atoms with van der Waals surface area (Å²) in [6.45, 7) is 4.24. The van der Waals surface area contributed by atoms with Crippen LogP contribution in [0.1, 0.15) is 11.1 Å². The van der Waals surface area contributed by atoms with E-state index >= 15 is 0 Å². The van der Waals surface area contributed by atoms with Gasteiger partial charge in [-0.3, -0.25) is 9.97 Å². The monoisotopic (exact) mass is 438 g/mol. The molecular weight excluding hydrogens is 416 g/mol. The van der Waals surface area contributed by atoms with Crippen LogP contribution >= 0.6 is 0 Å². The standard InChI is InChI=1S/C30H22N4/c1-19-9-13-21(14-10-19)33-25-7-4-3-6-23(25)24-18-32-28-27-26(8-5-17-31-27)34(30(28)29(24)33)22-15-11-20(2)12-16-22/h3-18H,1-2H3. The van der Waals surface area contributed by atoms with E-state index in [1.807, 2.05) is 18.5 Å². The Bertz CT molecular complexity index is 1710. The second-order valence-electron chi connectivity index (χ2n) is 8.95. The van der Waals surface area contributed by atoms with Crippen molar-refractivity contribution in [3.8, 4) is 11.4 Å². The Morgan fingerprint density at radius 3 is 1.85 bits per heavy atom. The number of nitrogens with zero attached hydrogens (tertiary/aromatic N) is 4. The summed E-state index contributed by atoms with van der Waals surface area (Å²) in [4.78, 5) is 9.73. The van der Waals surface area contributed by atoms with Crippen molar-refractivity contribution in [3.63, 3.8) is 0 Å². The fourth-order valence-electron chi connectivity index (χ4n) is 5.12. The predicted octanol–water partition coefficient (Wildman–Crippen LogP) is 7.29. The van der Waals surface area contributed by atoms with Gasteiger partial charge in [0, 0.05) is 34.5 Å². The average Bonchev–Trinajstić information content (AvgIpc) is 3.38. The highest BCUT2D eigenvalue weighted by molar-refractivity contribution is 6.21. The summed E-state index contributed by atoms with van der Waals surface area (Å²) in [7, 11) is 0. The Hall–Kier alpha value is -4.44. The van der Waals surface area contributed by atoms with Gasteiger partial charge in [0.1, 0.15) is 11.0 Å².